The van der Waals surface area contributed by atoms with Gasteiger partial charge in [0, 0.05) is 11.6 Å². The SMILES string of the molecule is [CH2]c1ccc(OC)nc1OC. The van der Waals surface area contributed by atoms with Crippen LogP contribution in [-0.2, 0) is 0 Å². The lowest BCUT2D eigenvalue weighted by Crippen LogP contribution is -1.93. The Morgan fingerprint density at radius 2 is 2.00 bits per heavy atom. The van der Waals surface area contributed by atoms with Crippen LogP contribution in [0.25, 0.3) is 0 Å². The van der Waals surface area contributed by atoms with Crippen molar-refractivity contribution in [2.24, 2.45) is 0 Å². The van der Waals surface area contributed by atoms with Crippen LogP contribution in [-0.4, -0.2) is 19.2 Å². The van der Waals surface area contributed by atoms with Gasteiger partial charge in [0.2, 0.25) is 11.8 Å². The maximum atomic E-state index is 4.93. The van der Waals surface area contributed by atoms with Gasteiger partial charge in [0.05, 0.1) is 14.2 Å². The van der Waals surface area contributed by atoms with Gasteiger partial charge in [-0.3, -0.25) is 0 Å². The van der Waals surface area contributed by atoms with E-state index in [-0.39, 0.29) is 0 Å². The third-order valence-electron chi connectivity index (χ3n) is 1.32. The molecule has 1 aromatic heterocycles. The van der Waals surface area contributed by atoms with Crippen molar-refractivity contribution in [3.63, 3.8) is 0 Å². The maximum absolute atomic E-state index is 4.93. The summed E-state index contributed by atoms with van der Waals surface area (Å²) in [5.74, 6) is 1.04. The molecule has 0 saturated heterocycles. The third-order valence-corrected chi connectivity index (χ3v) is 1.32. The highest BCUT2D eigenvalue weighted by molar-refractivity contribution is 5.32. The Morgan fingerprint density at radius 3 is 2.55 bits per heavy atom. The van der Waals surface area contributed by atoms with Crippen LogP contribution in [0.15, 0.2) is 12.1 Å². The van der Waals surface area contributed by atoms with E-state index in [1.165, 1.54) is 0 Å². The van der Waals surface area contributed by atoms with Gasteiger partial charge in [0.15, 0.2) is 0 Å². The average molecular weight is 152 g/mol. The highest BCUT2D eigenvalue weighted by Gasteiger charge is 2.00. The first-order valence-electron chi connectivity index (χ1n) is 3.19. The molecule has 0 aliphatic rings. The number of hydrogen-bond acceptors (Lipinski definition) is 3. The molecule has 59 valence electrons. The van der Waals surface area contributed by atoms with Gasteiger partial charge in [-0.1, -0.05) is 0 Å². The molecule has 1 rings (SSSR count). The standard InChI is InChI=1S/C8H10NO2/c1-6-4-5-7(10-2)9-8(6)11-3/h4-5H,1H2,2-3H3. The van der Waals surface area contributed by atoms with Gasteiger partial charge in [-0.2, -0.15) is 4.98 Å². The first-order chi connectivity index (χ1) is 5.27. The minimum Gasteiger partial charge on any atom is -0.481 e. The smallest absolute Gasteiger partial charge is 0.219 e. The van der Waals surface area contributed by atoms with E-state index in [2.05, 4.69) is 11.9 Å². The van der Waals surface area contributed by atoms with Crippen LogP contribution in [0.3, 0.4) is 0 Å². The summed E-state index contributed by atoms with van der Waals surface area (Å²) in [6, 6.07) is 3.54. The number of ether oxygens (including phenoxy) is 2. The predicted molar refractivity (Wildman–Crippen MR) is 41.8 cm³/mol. The van der Waals surface area contributed by atoms with E-state index in [0.29, 0.717) is 11.8 Å². The van der Waals surface area contributed by atoms with Crippen molar-refractivity contribution >= 4 is 0 Å². The summed E-state index contributed by atoms with van der Waals surface area (Å²) in [5, 5.41) is 0. The maximum Gasteiger partial charge on any atom is 0.219 e. The largest absolute Gasteiger partial charge is 0.481 e. The molecule has 0 bridgehead atoms. The molecule has 11 heavy (non-hydrogen) atoms. The lowest BCUT2D eigenvalue weighted by Gasteiger charge is -2.04. The summed E-state index contributed by atoms with van der Waals surface area (Å²) in [5.41, 5.74) is 0.758. The second-order valence-corrected chi connectivity index (χ2v) is 2.02. The van der Waals surface area contributed by atoms with Crippen molar-refractivity contribution in [3.05, 3.63) is 24.6 Å². The second-order valence-electron chi connectivity index (χ2n) is 2.02. The van der Waals surface area contributed by atoms with Gasteiger partial charge < -0.3 is 9.47 Å². The Balaban J connectivity index is 3.02. The number of hydrogen-bond donors (Lipinski definition) is 0. The Hall–Kier alpha value is -1.25. The second kappa shape index (κ2) is 3.23. The van der Waals surface area contributed by atoms with E-state index >= 15 is 0 Å². The molecule has 3 nitrogen and oxygen atoms in total. The van der Waals surface area contributed by atoms with Gasteiger partial charge in [0.1, 0.15) is 0 Å². The van der Waals surface area contributed by atoms with Crippen LogP contribution in [0.4, 0.5) is 0 Å². The number of rotatable bonds is 2. The molecular weight excluding hydrogens is 142 g/mol. The van der Waals surface area contributed by atoms with E-state index < -0.39 is 0 Å². The molecule has 0 unspecified atom stereocenters. The van der Waals surface area contributed by atoms with Crippen molar-refractivity contribution in [1.82, 2.24) is 4.98 Å². The first kappa shape index (κ1) is 7.85. The van der Waals surface area contributed by atoms with Crippen LogP contribution >= 0.6 is 0 Å². The third kappa shape index (κ3) is 1.61. The van der Waals surface area contributed by atoms with E-state index in [4.69, 9.17) is 9.47 Å². The highest BCUT2D eigenvalue weighted by atomic mass is 16.5. The number of nitrogens with zero attached hydrogens (tertiary/aromatic N) is 1. The Labute approximate surface area is 66.0 Å². The van der Waals surface area contributed by atoms with Crippen molar-refractivity contribution in [1.29, 1.82) is 0 Å². The quantitative estimate of drug-likeness (QED) is 0.639. The molecule has 3 heteroatoms. The molecular formula is C8H10NO2. The Kier molecular flexibility index (Phi) is 2.31. The van der Waals surface area contributed by atoms with Gasteiger partial charge in [-0.25, -0.2) is 0 Å². The van der Waals surface area contributed by atoms with E-state index in [1.54, 1.807) is 26.4 Å². The molecule has 1 radical (unpaired) electrons. The van der Waals surface area contributed by atoms with Crippen molar-refractivity contribution in [2.75, 3.05) is 14.2 Å². The zero-order chi connectivity index (χ0) is 8.27. The lowest BCUT2D eigenvalue weighted by molar-refractivity contribution is 0.363. The molecule has 0 aliphatic heterocycles. The molecule has 0 N–H and O–H groups in total. The van der Waals surface area contributed by atoms with Gasteiger partial charge >= 0.3 is 0 Å². The fourth-order valence-corrected chi connectivity index (χ4v) is 0.743. The molecule has 0 aromatic carbocycles. The summed E-state index contributed by atoms with van der Waals surface area (Å²) in [6.45, 7) is 3.72. The predicted octanol–water partition coefficient (Wildman–Crippen LogP) is 1.28. The molecule has 0 saturated carbocycles. The first-order valence-corrected chi connectivity index (χ1v) is 3.19. The molecule has 0 amide bonds. The minimum atomic E-state index is 0.504. The zero-order valence-electron chi connectivity index (χ0n) is 6.63. The minimum absolute atomic E-state index is 0.504. The van der Waals surface area contributed by atoms with Crippen LogP contribution < -0.4 is 9.47 Å². The normalized spacial score (nSPS) is 9.36. The van der Waals surface area contributed by atoms with Crippen molar-refractivity contribution < 1.29 is 9.47 Å². The molecule has 1 heterocycles. The summed E-state index contributed by atoms with van der Waals surface area (Å²) in [4.78, 5) is 4.00. The summed E-state index contributed by atoms with van der Waals surface area (Å²) >= 11 is 0. The van der Waals surface area contributed by atoms with Crippen molar-refractivity contribution in [2.45, 2.75) is 0 Å². The Morgan fingerprint density at radius 1 is 1.27 bits per heavy atom. The summed E-state index contributed by atoms with van der Waals surface area (Å²) in [7, 11) is 3.11. The fraction of sp³-hybridized carbons (Fsp3) is 0.250. The summed E-state index contributed by atoms with van der Waals surface area (Å²) in [6.07, 6.45) is 0. The lowest BCUT2D eigenvalue weighted by atomic mass is 10.3. The average Bonchev–Trinajstić information content (AvgIpc) is 2.05. The molecule has 0 spiro atoms. The van der Waals surface area contributed by atoms with E-state index in [9.17, 15) is 0 Å². The number of methoxy groups -OCH3 is 2. The molecule has 1 aromatic rings. The van der Waals surface area contributed by atoms with Crippen LogP contribution in [0.2, 0.25) is 0 Å². The monoisotopic (exact) mass is 152 g/mol. The van der Waals surface area contributed by atoms with Gasteiger partial charge in [0.25, 0.3) is 0 Å². The molecule has 0 atom stereocenters. The number of aromatic nitrogens is 1. The topological polar surface area (TPSA) is 31.4 Å². The summed E-state index contributed by atoms with van der Waals surface area (Å²) < 4.78 is 9.83. The fourth-order valence-electron chi connectivity index (χ4n) is 0.743. The van der Waals surface area contributed by atoms with E-state index in [0.717, 1.165) is 5.56 Å². The van der Waals surface area contributed by atoms with Gasteiger partial charge in [-0.05, 0) is 13.0 Å². The number of pyridine rings is 1. The zero-order valence-corrected chi connectivity index (χ0v) is 6.63. The van der Waals surface area contributed by atoms with Gasteiger partial charge in [-0.15, -0.1) is 0 Å². The van der Waals surface area contributed by atoms with Crippen LogP contribution in [0.1, 0.15) is 5.56 Å². The van der Waals surface area contributed by atoms with E-state index in [1.807, 2.05) is 0 Å². The highest BCUT2D eigenvalue weighted by Crippen LogP contribution is 2.17. The van der Waals surface area contributed by atoms with Crippen LogP contribution in [0, 0.1) is 6.92 Å². The Bertz CT molecular complexity index is 248. The molecule has 0 aliphatic carbocycles. The molecule has 0 fully saturated rings. The van der Waals surface area contributed by atoms with Crippen LogP contribution in [0.5, 0.6) is 11.8 Å². The van der Waals surface area contributed by atoms with Crippen molar-refractivity contribution in [3.8, 4) is 11.8 Å².